The molecule has 1 aliphatic heterocycles. The van der Waals surface area contributed by atoms with E-state index in [2.05, 4.69) is 26.9 Å². The molecule has 0 aliphatic carbocycles. The highest BCUT2D eigenvalue weighted by Gasteiger charge is 2.35. The largest absolute Gasteiger partial charge is 0.443 e. The van der Waals surface area contributed by atoms with Crippen LogP contribution in [0.5, 0.6) is 0 Å². The summed E-state index contributed by atoms with van der Waals surface area (Å²) >= 11 is 1.08. The van der Waals surface area contributed by atoms with Crippen LogP contribution < -0.4 is 0 Å². The quantitative estimate of drug-likeness (QED) is 0.185. The lowest BCUT2D eigenvalue weighted by Crippen LogP contribution is -2.33. The molecule has 0 saturated heterocycles. The standard InChI is InChI=1S/C27H19N5O4S/c33-22(36-16-32-25(34)18-10-4-5-11-19(18)26(32)35)15-37-27-28-24-23(29-30-27)20-12-6-7-13-21(20)31(24)14-17-8-2-1-3-9-17/h1-13H,14-16H2. The molecule has 3 aromatic carbocycles. The average molecular weight is 510 g/mol. The molecule has 0 N–H and O–H groups in total. The molecule has 3 heterocycles. The Morgan fingerprint density at radius 2 is 1.51 bits per heavy atom. The molecule has 1 aliphatic rings. The fourth-order valence-corrected chi connectivity index (χ4v) is 4.91. The van der Waals surface area contributed by atoms with E-state index in [1.165, 1.54) is 0 Å². The van der Waals surface area contributed by atoms with Crippen LogP contribution in [0.3, 0.4) is 0 Å². The van der Waals surface area contributed by atoms with Crippen LogP contribution >= 0.6 is 11.8 Å². The number of hydrogen-bond acceptors (Lipinski definition) is 8. The van der Waals surface area contributed by atoms with Gasteiger partial charge in [0.25, 0.3) is 11.8 Å². The van der Waals surface area contributed by atoms with Crippen molar-refractivity contribution in [2.45, 2.75) is 11.7 Å². The zero-order valence-corrected chi connectivity index (χ0v) is 20.2. The van der Waals surface area contributed by atoms with Crippen LogP contribution in [-0.4, -0.2) is 54.9 Å². The molecule has 0 unspecified atom stereocenters. The Bertz CT molecular complexity index is 1650. The Morgan fingerprint density at radius 3 is 2.27 bits per heavy atom. The molecule has 10 heteroatoms. The summed E-state index contributed by atoms with van der Waals surface area (Å²) in [6.45, 7) is 0.158. The molecule has 0 fully saturated rings. The maximum Gasteiger partial charge on any atom is 0.318 e. The Hall–Kier alpha value is -4.57. The first kappa shape index (κ1) is 22.9. The van der Waals surface area contributed by atoms with Crippen LogP contribution in [0.4, 0.5) is 0 Å². The minimum atomic E-state index is -0.602. The van der Waals surface area contributed by atoms with Crippen molar-refractivity contribution in [3.05, 3.63) is 95.6 Å². The van der Waals surface area contributed by atoms with E-state index in [0.29, 0.717) is 34.0 Å². The highest BCUT2D eigenvalue weighted by molar-refractivity contribution is 7.99. The van der Waals surface area contributed by atoms with Gasteiger partial charge in [0.2, 0.25) is 5.16 Å². The van der Waals surface area contributed by atoms with Crippen LogP contribution in [-0.2, 0) is 16.1 Å². The van der Waals surface area contributed by atoms with Gasteiger partial charge < -0.3 is 9.30 Å². The monoisotopic (exact) mass is 509 g/mol. The number of fused-ring (bicyclic) bond motifs is 4. The first-order chi connectivity index (χ1) is 18.1. The molecule has 0 saturated carbocycles. The summed E-state index contributed by atoms with van der Waals surface area (Å²) in [5.41, 5.74) is 4.07. The zero-order valence-electron chi connectivity index (χ0n) is 19.4. The number of ether oxygens (including phenoxy) is 1. The first-order valence-electron chi connectivity index (χ1n) is 11.5. The highest BCUT2D eigenvalue weighted by Crippen LogP contribution is 2.28. The molecular weight excluding hydrogens is 490 g/mol. The van der Waals surface area contributed by atoms with E-state index in [1.807, 2.05) is 42.5 Å². The lowest BCUT2D eigenvalue weighted by molar-refractivity contribution is -0.142. The van der Waals surface area contributed by atoms with Gasteiger partial charge in [-0.1, -0.05) is 72.4 Å². The smallest absolute Gasteiger partial charge is 0.318 e. The number of rotatable bonds is 7. The van der Waals surface area contributed by atoms with E-state index in [9.17, 15) is 14.4 Å². The molecule has 0 radical (unpaired) electrons. The number of carbonyl (C=O) groups is 3. The van der Waals surface area contributed by atoms with Gasteiger partial charge in [-0.2, -0.15) is 0 Å². The van der Waals surface area contributed by atoms with Gasteiger partial charge in [-0.3, -0.25) is 14.4 Å². The van der Waals surface area contributed by atoms with Gasteiger partial charge in [0.1, 0.15) is 5.52 Å². The number of benzene rings is 3. The van der Waals surface area contributed by atoms with Crippen molar-refractivity contribution in [3.8, 4) is 0 Å². The molecular formula is C27H19N5O4S. The fourth-order valence-electron chi connectivity index (χ4n) is 4.33. The van der Waals surface area contributed by atoms with Crippen LogP contribution in [0.2, 0.25) is 0 Å². The number of hydrogen-bond donors (Lipinski definition) is 0. The van der Waals surface area contributed by atoms with E-state index in [0.717, 1.165) is 33.1 Å². The number of amides is 2. The second-order valence-corrected chi connectivity index (χ2v) is 9.32. The first-order valence-corrected chi connectivity index (χ1v) is 12.5. The third-order valence-corrected chi connectivity index (χ3v) is 6.90. The number of thioether (sulfide) groups is 1. The van der Waals surface area contributed by atoms with E-state index in [4.69, 9.17) is 9.72 Å². The van der Waals surface area contributed by atoms with Gasteiger partial charge in [0.15, 0.2) is 12.4 Å². The summed E-state index contributed by atoms with van der Waals surface area (Å²) in [5, 5.41) is 9.87. The summed E-state index contributed by atoms with van der Waals surface area (Å²) in [4.78, 5) is 42.9. The predicted molar refractivity (Wildman–Crippen MR) is 137 cm³/mol. The van der Waals surface area contributed by atoms with Gasteiger partial charge in [0.05, 0.1) is 22.4 Å². The van der Waals surface area contributed by atoms with Crippen LogP contribution in [0.15, 0.2) is 84.0 Å². The Balaban J connectivity index is 1.17. The number of carbonyl (C=O) groups excluding carboxylic acids is 3. The summed E-state index contributed by atoms with van der Waals surface area (Å²) in [7, 11) is 0. The van der Waals surface area contributed by atoms with E-state index < -0.39 is 24.5 Å². The molecule has 0 spiro atoms. The van der Waals surface area contributed by atoms with Crippen molar-refractivity contribution in [2.24, 2.45) is 0 Å². The molecule has 5 aromatic rings. The average Bonchev–Trinajstić information content (AvgIpc) is 3.37. The number of nitrogens with zero attached hydrogens (tertiary/aromatic N) is 5. The van der Waals surface area contributed by atoms with Crippen LogP contribution in [0.25, 0.3) is 22.1 Å². The van der Waals surface area contributed by atoms with Crippen LogP contribution in [0.1, 0.15) is 26.3 Å². The van der Waals surface area contributed by atoms with Gasteiger partial charge in [-0.05, 0) is 23.8 Å². The Labute approximate surface area is 215 Å². The predicted octanol–water partition coefficient (Wildman–Crippen LogP) is 3.92. The summed E-state index contributed by atoms with van der Waals surface area (Å²) in [5.74, 6) is -1.67. The van der Waals surface area contributed by atoms with Crippen molar-refractivity contribution in [1.82, 2.24) is 24.6 Å². The van der Waals surface area contributed by atoms with Gasteiger partial charge >= 0.3 is 5.97 Å². The van der Waals surface area contributed by atoms with Gasteiger partial charge in [-0.15, -0.1) is 10.2 Å². The summed E-state index contributed by atoms with van der Waals surface area (Å²) in [6.07, 6.45) is 0. The van der Waals surface area contributed by atoms with Crippen molar-refractivity contribution in [2.75, 3.05) is 12.5 Å². The summed E-state index contributed by atoms with van der Waals surface area (Å²) in [6, 6.07) is 24.5. The topological polar surface area (TPSA) is 107 Å². The van der Waals surface area contributed by atoms with Crippen LogP contribution in [0, 0.1) is 0 Å². The molecule has 6 rings (SSSR count). The maximum atomic E-state index is 12.4. The third-order valence-electron chi connectivity index (χ3n) is 6.09. The second kappa shape index (κ2) is 9.47. The number of imide groups is 1. The Kier molecular flexibility index (Phi) is 5.85. The molecule has 182 valence electrons. The number of para-hydroxylation sites is 1. The zero-order chi connectivity index (χ0) is 25.4. The minimum Gasteiger partial charge on any atom is -0.443 e. The molecule has 37 heavy (non-hydrogen) atoms. The molecule has 2 amide bonds. The van der Waals surface area contributed by atoms with Crippen molar-refractivity contribution < 1.29 is 19.1 Å². The SMILES string of the molecule is O=C(CSc1nnc2c3ccccc3n(Cc3ccccc3)c2n1)OCN1C(=O)c2ccccc2C1=O. The van der Waals surface area contributed by atoms with Crippen molar-refractivity contribution in [1.29, 1.82) is 0 Å². The number of esters is 1. The van der Waals surface area contributed by atoms with E-state index in [-0.39, 0.29) is 5.75 Å². The minimum absolute atomic E-state index is 0.102. The van der Waals surface area contributed by atoms with E-state index in [1.54, 1.807) is 24.3 Å². The van der Waals surface area contributed by atoms with Gasteiger partial charge in [0, 0.05) is 11.9 Å². The maximum absolute atomic E-state index is 12.4. The molecule has 0 bridgehead atoms. The highest BCUT2D eigenvalue weighted by atomic mass is 32.2. The third kappa shape index (κ3) is 4.21. The van der Waals surface area contributed by atoms with Gasteiger partial charge in [-0.25, -0.2) is 9.88 Å². The lowest BCUT2D eigenvalue weighted by atomic mass is 10.1. The normalized spacial score (nSPS) is 12.9. The molecule has 2 aromatic heterocycles. The lowest BCUT2D eigenvalue weighted by Gasteiger charge is -2.13. The molecule has 9 nitrogen and oxygen atoms in total. The fraction of sp³-hybridized carbons (Fsp3) is 0.111. The molecule has 0 atom stereocenters. The summed E-state index contributed by atoms with van der Waals surface area (Å²) < 4.78 is 7.28. The van der Waals surface area contributed by atoms with Crippen molar-refractivity contribution in [3.63, 3.8) is 0 Å². The number of aromatic nitrogens is 4. The second-order valence-electron chi connectivity index (χ2n) is 8.37. The Morgan fingerprint density at radius 1 is 0.838 bits per heavy atom. The van der Waals surface area contributed by atoms with Crippen molar-refractivity contribution >= 4 is 51.6 Å². The van der Waals surface area contributed by atoms with E-state index >= 15 is 0 Å².